The van der Waals surface area contributed by atoms with Gasteiger partial charge in [0.25, 0.3) is 0 Å². The first-order valence-electron chi connectivity index (χ1n) is 10.4. The maximum atomic E-state index is 12.6. The fourth-order valence-corrected chi connectivity index (χ4v) is 5.27. The minimum absolute atomic E-state index is 0.0522. The molecule has 0 radical (unpaired) electrons. The number of aromatic nitrogens is 3. The van der Waals surface area contributed by atoms with Gasteiger partial charge in [0.15, 0.2) is 11.0 Å². The van der Waals surface area contributed by atoms with Crippen molar-refractivity contribution in [2.45, 2.75) is 32.9 Å². The highest BCUT2D eigenvalue weighted by molar-refractivity contribution is 7.99. The predicted molar refractivity (Wildman–Crippen MR) is 134 cm³/mol. The Bertz CT molecular complexity index is 1250. The van der Waals surface area contributed by atoms with Crippen LogP contribution in [0.2, 0.25) is 0 Å². The molecule has 0 aliphatic rings. The van der Waals surface area contributed by atoms with Crippen molar-refractivity contribution in [3.63, 3.8) is 0 Å². The first-order chi connectivity index (χ1) is 15.3. The lowest BCUT2D eigenvalue weighted by atomic mass is 10.0. The van der Waals surface area contributed by atoms with Gasteiger partial charge in [0.05, 0.1) is 5.75 Å². The van der Waals surface area contributed by atoms with Crippen molar-refractivity contribution in [2.24, 2.45) is 7.05 Å². The van der Waals surface area contributed by atoms with E-state index in [-0.39, 0.29) is 11.7 Å². The number of anilines is 1. The summed E-state index contributed by atoms with van der Waals surface area (Å²) >= 11 is 3.11. The quantitative estimate of drug-likeness (QED) is 0.348. The molecule has 5 nitrogen and oxygen atoms in total. The topological polar surface area (TPSA) is 59.8 Å². The van der Waals surface area contributed by atoms with E-state index in [2.05, 4.69) is 59.0 Å². The highest BCUT2D eigenvalue weighted by atomic mass is 32.2. The Morgan fingerprint density at radius 3 is 2.41 bits per heavy atom. The largest absolute Gasteiger partial charge is 0.325 e. The van der Waals surface area contributed by atoms with Gasteiger partial charge >= 0.3 is 0 Å². The van der Waals surface area contributed by atoms with Crippen molar-refractivity contribution >= 4 is 34.7 Å². The fourth-order valence-electron chi connectivity index (χ4n) is 3.69. The van der Waals surface area contributed by atoms with Crippen LogP contribution >= 0.6 is 23.1 Å². The Hall–Kier alpha value is -2.90. The van der Waals surface area contributed by atoms with Gasteiger partial charge in [-0.05, 0) is 44.4 Å². The second kappa shape index (κ2) is 9.30. The third-order valence-electron chi connectivity index (χ3n) is 5.47. The molecule has 0 atom stereocenters. The van der Waals surface area contributed by atoms with Crippen LogP contribution in [0.1, 0.15) is 21.6 Å². The van der Waals surface area contributed by atoms with Gasteiger partial charge in [-0.25, -0.2) is 0 Å². The van der Waals surface area contributed by atoms with E-state index in [1.54, 1.807) is 11.3 Å². The number of benzene rings is 2. The van der Waals surface area contributed by atoms with Crippen LogP contribution in [-0.2, 0) is 11.8 Å². The summed E-state index contributed by atoms with van der Waals surface area (Å²) in [5.41, 5.74) is 7.66. The monoisotopic (exact) mass is 462 g/mol. The van der Waals surface area contributed by atoms with Gasteiger partial charge in [-0.1, -0.05) is 59.8 Å². The summed E-state index contributed by atoms with van der Waals surface area (Å²) in [7, 11) is 1.95. The molecule has 0 bridgehead atoms. The molecular formula is C25H26N4OS2. The summed E-state index contributed by atoms with van der Waals surface area (Å²) in [5, 5.41) is 14.7. The number of para-hydroxylation sites is 1. The number of amides is 1. The minimum Gasteiger partial charge on any atom is -0.325 e. The van der Waals surface area contributed by atoms with Crippen molar-refractivity contribution < 1.29 is 4.79 Å². The molecule has 1 amide bonds. The molecule has 0 saturated heterocycles. The first kappa shape index (κ1) is 22.3. The Morgan fingerprint density at radius 2 is 1.72 bits per heavy atom. The molecule has 0 fully saturated rings. The van der Waals surface area contributed by atoms with E-state index in [0.717, 1.165) is 33.4 Å². The molecule has 2 aromatic carbocycles. The van der Waals surface area contributed by atoms with Gasteiger partial charge in [-0.3, -0.25) is 4.79 Å². The molecule has 164 valence electrons. The van der Waals surface area contributed by atoms with Gasteiger partial charge in [0, 0.05) is 34.1 Å². The van der Waals surface area contributed by atoms with Gasteiger partial charge in [-0.2, -0.15) is 0 Å². The average Bonchev–Trinajstić information content (AvgIpc) is 3.32. The summed E-state index contributed by atoms with van der Waals surface area (Å²) in [4.78, 5) is 13.8. The molecule has 4 aromatic rings. The molecule has 0 aliphatic heterocycles. The molecule has 32 heavy (non-hydrogen) atoms. The van der Waals surface area contributed by atoms with Crippen LogP contribution < -0.4 is 5.32 Å². The SMILES string of the molecule is Cc1ccc(-c2c(-c3nnc(SCC(=O)Nc4c(C)cccc4C)n3C)csc2C)cc1. The van der Waals surface area contributed by atoms with E-state index in [9.17, 15) is 4.79 Å². The molecule has 7 heteroatoms. The number of thioether (sulfide) groups is 1. The lowest BCUT2D eigenvalue weighted by molar-refractivity contribution is -0.113. The second-order valence-corrected chi connectivity index (χ2v) is 9.94. The molecule has 2 heterocycles. The van der Waals surface area contributed by atoms with Crippen molar-refractivity contribution in [1.29, 1.82) is 0 Å². The number of hydrogen-bond acceptors (Lipinski definition) is 5. The second-order valence-electron chi connectivity index (χ2n) is 7.92. The van der Waals surface area contributed by atoms with E-state index in [0.29, 0.717) is 0 Å². The minimum atomic E-state index is -0.0522. The van der Waals surface area contributed by atoms with Crippen LogP contribution in [0.4, 0.5) is 5.69 Å². The first-order valence-corrected chi connectivity index (χ1v) is 12.3. The van der Waals surface area contributed by atoms with Crippen LogP contribution in [-0.4, -0.2) is 26.4 Å². The molecule has 0 saturated carbocycles. The number of rotatable bonds is 6. The van der Waals surface area contributed by atoms with Gasteiger partial charge in [0.2, 0.25) is 5.91 Å². The summed E-state index contributed by atoms with van der Waals surface area (Å²) in [6.45, 7) is 8.22. The fraction of sp³-hybridized carbons (Fsp3) is 0.240. The number of aryl methyl sites for hydroxylation is 4. The van der Waals surface area contributed by atoms with E-state index in [1.165, 1.54) is 33.3 Å². The van der Waals surface area contributed by atoms with E-state index >= 15 is 0 Å². The zero-order chi connectivity index (χ0) is 22.8. The maximum Gasteiger partial charge on any atom is 0.234 e. The summed E-state index contributed by atoms with van der Waals surface area (Å²) in [6, 6.07) is 14.5. The molecule has 0 aliphatic carbocycles. The highest BCUT2D eigenvalue weighted by Crippen LogP contribution is 2.39. The van der Waals surface area contributed by atoms with Gasteiger partial charge in [0.1, 0.15) is 0 Å². The number of nitrogens with zero attached hydrogens (tertiary/aromatic N) is 3. The zero-order valence-corrected chi connectivity index (χ0v) is 20.5. The molecule has 0 spiro atoms. The molecule has 2 aromatic heterocycles. The Balaban J connectivity index is 1.52. The van der Waals surface area contributed by atoms with Crippen molar-refractivity contribution in [3.8, 4) is 22.5 Å². The van der Waals surface area contributed by atoms with Crippen molar-refractivity contribution in [2.75, 3.05) is 11.1 Å². The van der Waals surface area contributed by atoms with E-state index in [4.69, 9.17) is 0 Å². The van der Waals surface area contributed by atoms with Crippen LogP contribution in [0.5, 0.6) is 0 Å². The third-order valence-corrected chi connectivity index (χ3v) is 7.40. The lowest BCUT2D eigenvalue weighted by Gasteiger charge is -2.11. The zero-order valence-electron chi connectivity index (χ0n) is 18.9. The third kappa shape index (κ3) is 4.49. The molecular weight excluding hydrogens is 436 g/mol. The Kier molecular flexibility index (Phi) is 6.48. The van der Waals surface area contributed by atoms with Crippen LogP contribution in [0.15, 0.2) is 53.0 Å². The Labute approximate surface area is 196 Å². The Morgan fingerprint density at radius 1 is 1.03 bits per heavy atom. The highest BCUT2D eigenvalue weighted by Gasteiger charge is 2.19. The predicted octanol–water partition coefficient (Wildman–Crippen LogP) is 6.18. The number of nitrogens with one attached hydrogen (secondary N) is 1. The van der Waals surface area contributed by atoms with E-state index in [1.807, 2.05) is 43.7 Å². The average molecular weight is 463 g/mol. The standard InChI is InChI=1S/C25H26N4OS2/c1-15-9-11-19(12-10-15)22-18(4)31-13-20(22)24-27-28-25(29(24)5)32-14-21(30)26-23-16(2)7-6-8-17(23)3/h6-13H,14H2,1-5H3,(H,26,30). The van der Waals surface area contributed by atoms with Crippen LogP contribution in [0.25, 0.3) is 22.5 Å². The van der Waals surface area contributed by atoms with Crippen molar-refractivity contribution in [1.82, 2.24) is 14.8 Å². The maximum absolute atomic E-state index is 12.6. The van der Waals surface area contributed by atoms with Gasteiger partial charge < -0.3 is 9.88 Å². The van der Waals surface area contributed by atoms with E-state index < -0.39 is 0 Å². The van der Waals surface area contributed by atoms with Crippen LogP contribution in [0.3, 0.4) is 0 Å². The number of carbonyl (C=O) groups excluding carboxylic acids is 1. The van der Waals surface area contributed by atoms with Crippen LogP contribution in [0, 0.1) is 27.7 Å². The summed E-state index contributed by atoms with van der Waals surface area (Å²) in [6.07, 6.45) is 0. The normalized spacial score (nSPS) is 11.0. The summed E-state index contributed by atoms with van der Waals surface area (Å²) < 4.78 is 1.97. The number of hydrogen-bond donors (Lipinski definition) is 1. The number of thiophene rings is 1. The summed E-state index contributed by atoms with van der Waals surface area (Å²) in [5.74, 6) is 1.03. The van der Waals surface area contributed by atoms with Gasteiger partial charge in [-0.15, -0.1) is 21.5 Å². The molecule has 1 N–H and O–H groups in total. The van der Waals surface area contributed by atoms with Crippen molar-refractivity contribution in [3.05, 3.63) is 69.4 Å². The molecule has 0 unspecified atom stereocenters. The number of carbonyl (C=O) groups is 1. The molecule has 4 rings (SSSR count). The lowest BCUT2D eigenvalue weighted by Crippen LogP contribution is -2.16. The smallest absolute Gasteiger partial charge is 0.234 e.